The molecule has 0 amide bonds. The Hall–Kier alpha value is -1.33. The van der Waals surface area contributed by atoms with Crippen LogP contribution in [0.3, 0.4) is 0 Å². The van der Waals surface area contributed by atoms with Gasteiger partial charge in [0.2, 0.25) is 0 Å². The van der Waals surface area contributed by atoms with Gasteiger partial charge in [-0.2, -0.15) is 0 Å². The highest BCUT2D eigenvalue weighted by molar-refractivity contribution is 7.98. The zero-order valence-electron chi connectivity index (χ0n) is 11.6. The van der Waals surface area contributed by atoms with E-state index in [-0.39, 0.29) is 5.97 Å². The number of thiazole rings is 1. The fraction of sp³-hybridized carbons (Fsp3) is 0.333. The number of nitrogens with zero attached hydrogens (tertiary/aromatic N) is 1. The number of esters is 1. The monoisotopic (exact) mass is 307 g/mol. The minimum Gasteiger partial charge on any atom is -0.469 e. The summed E-state index contributed by atoms with van der Waals surface area (Å²) in [6, 6.07) is 8.35. The molecular formula is C15H17NO2S2. The predicted molar refractivity (Wildman–Crippen MR) is 83.2 cm³/mol. The lowest BCUT2D eigenvalue weighted by Crippen LogP contribution is -2.02. The number of hydrogen-bond acceptors (Lipinski definition) is 5. The molecule has 0 atom stereocenters. The topological polar surface area (TPSA) is 39.2 Å². The maximum absolute atomic E-state index is 11.1. The Morgan fingerprint density at radius 2 is 2.20 bits per heavy atom. The van der Waals surface area contributed by atoms with Gasteiger partial charge in [-0.3, -0.25) is 4.79 Å². The molecule has 0 saturated carbocycles. The molecule has 2 rings (SSSR count). The van der Waals surface area contributed by atoms with Gasteiger partial charge in [0.15, 0.2) is 0 Å². The first kappa shape index (κ1) is 15.1. The molecule has 0 aliphatic rings. The van der Waals surface area contributed by atoms with E-state index in [1.165, 1.54) is 17.6 Å². The number of hydrogen-bond donors (Lipinski definition) is 0. The van der Waals surface area contributed by atoms with E-state index in [1.807, 2.05) is 11.4 Å². The molecule has 2 aromatic rings. The van der Waals surface area contributed by atoms with Crippen LogP contribution in [-0.2, 0) is 21.7 Å². The van der Waals surface area contributed by atoms with Gasteiger partial charge in [-0.05, 0) is 18.6 Å². The van der Waals surface area contributed by atoms with Crippen LogP contribution in [-0.4, -0.2) is 18.1 Å². The van der Waals surface area contributed by atoms with E-state index < -0.39 is 0 Å². The third-order valence-electron chi connectivity index (χ3n) is 2.86. The highest BCUT2D eigenvalue weighted by atomic mass is 32.2. The Morgan fingerprint density at radius 1 is 1.40 bits per heavy atom. The Morgan fingerprint density at radius 3 is 2.95 bits per heavy atom. The molecule has 0 aliphatic carbocycles. The number of carbonyl (C=O) groups is 1. The Bertz CT molecular complexity index is 581. The van der Waals surface area contributed by atoms with Crippen molar-refractivity contribution in [3.05, 3.63) is 45.9 Å². The summed E-state index contributed by atoms with van der Waals surface area (Å²) in [5, 5.41) is 3.12. The summed E-state index contributed by atoms with van der Waals surface area (Å²) in [6.07, 6.45) is 1.04. The van der Waals surface area contributed by atoms with Gasteiger partial charge in [-0.25, -0.2) is 4.98 Å². The van der Waals surface area contributed by atoms with E-state index in [0.717, 1.165) is 16.5 Å². The van der Waals surface area contributed by atoms with Crippen molar-refractivity contribution in [2.24, 2.45) is 0 Å². The second kappa shape index (κ2) is 7.45. The van der Waals surface area contributed by atoms with Crippen LogP contribution in [0.5, 0.6) is 0 Å². The summed E-state index contributed by atoms with van der Waals surface area (Å²) in [4.78, 5) is 16.9. The third kappa shape index (κ3) is 4.35. The van der Waals surface area contributed by atoms with Crippen molar-refractivity contribution >= 4 is 29.1 Å². The van der Waals surface area contributed by atoms with Crippen LogP contribution in [0.4, 0.5) is 0 Å². The molecule has 0 bridgehead atoms. The lowest BCUT2D eigenvalue weighted by molar-refractivity contribution is -0.140. The molecule has 0 spiro atoms. The van der Waals surface area contributed by atoms with Crippen LogP contribution >= 0.6 is 23.1 Å². The Balaban J connectivity index is 1.87. The van der Waals surface area contributed by atoms with Crippen molar-refractivity contribution in [2.75, 3.05) is 7.11 Å². The molecule has 3 nitrogen and oxygen atoms in total. The van der Waals surface area contributed by atoms with E-state index in [9.17, 15) is 4.79 Å². The maximum atomic E-state index is 11.1. The number of aryl methyl sites for hydroxylation is 2. The summed E-state index contributed by atoms with van der Waals surface area (Å²) in [5.41, 5.74) is 2.26. The van der Waals surface area contributed by atoms with Crippen molar-refractivity contribution in [1.82, 2.24) is 4.98 Å². The molecule has 106 valence electrons. The first-order chi connectivity index (χ1) is 9.69. The second-order valence-corrected chi connectivity index (χ2v) is 6.32. The minimum atomic E-state index is -0.186. The third-order valence-corrected chi connectivity index (χ3v) is 5.12. The summed E-state index contributed by atoms with van der Waals surface area (Å²) >= 11 is 3.45. The Kier molecular flexibility index (Phi) is 5.61. The molecule has 0 radical (unpaired) electrons. The van der Waals surface area contributed by atoms with Crippen LogP contribution in [0, 0.1) is 6.92 Å². The van der Waals surface area contributed by atoms with Crippen LogP contribution in [0.1, 0.15) is 22.7 Å². The summed E-state index contributed by atoms with van der Waals surface area (Å²) in [7, 11) is 1.41. The second-order valence-electron chi connectivity index (χ2n) is 4.36. The SMILES string of the molecule is COC(=O)CCc1csc(CSc2ccccc2C)n1. The molecule has 0 unspecified atom stereocenters. The van der Waals surface area contributed by atoms with Gasteiger partial charge in [0.25, 0.3) is 0 Å². The zero-order valence-corrected chi connectivity index (χ0v) is 13.2. The molecule has 1 heterocycles. The van der Waals surface area contributed by atoms with Crippen molar-refractivity contribution in [3.63, 3.8) is 0 Å². The zero-order chi connectivity index (χ0) is 14.4. The smallest absolute Gasteiger partial charge is 0.305 e. The predicted octanol–water partition coefficient (Wildman–Crippen LogP) is 3.85. The number of rotatable bonds is 6. The minimum absolute atomic E-state index is 0.186. The molecule has 1 aromatic carbocycles. The van der Waals surface area contributed by atoms with Gasteiger partial charge in [0.1, 0.15) is 5.01 Å². The van der Waals surface area contributed by atoms with Gasteiger partial charge in [0.05, 0.1) is 25.0 Å². The average molecular weight is 307 g/mol. The van der Waals surface area contributed by atoms with Gasteiger partial charge in [-0.15, -0.1) is 23.1 Å². The molecule has 20 heavy (non-hydrogen) atoms. The number of benzene rings is 1. The Labute approximate surface area is 127 Å². The molecule has 5 heteroatoms. The van der Waals surface area contributed by atoms with Crippen LogP contribution in [0.2, 0.25) is 0 Å². The van der Waals surface area contributed by atoms with Gasteiger partial charge in [0, 0.05) is 16.7 Å². The van der Waals surface area contributed by atoms with Crippen molar-refractivity contribution in [3.8, 4) is 0 Å². The van der Waals surface area contributed by atoms with Gasteiger partial charge >= 0.3 is 5.97 Å². The summed E-state index contributed by atoms with van der Waals surface area (Å²) in [6.45, 7) is 2.12. The molecular weight excluding hydrogens is 290 g/mol. The fourth-order valence-electron chi connectivity index (χ4n) is 1.72. The van der Waals surface area contributed by atoms with E-state index in [2.05, 4.69) is 34.8 Å². The number of carbonyl (C=O) groups excluding carboxylic acids is 1. The molecule has 0 fully saturated rings. The van der Waals surface area contributed by atoms with E-state index in [1.54, 1.807) is 23.1 Å². The highest BCUT2D eigenvalue weighted by Gasteiger charge is 2.07. The lowest BCUT2D eigenvalue weighted by atomic mass is 10.2. The molecule has 0 N–H and O–H groups in total. The van der Waals surface area contributed by atoms with Crippen molar-refractivity contribution in [1.29, 1.82) is 0 Å². The van der Waals surface area contributed by atoms with E-state index in [4.69, 9.17) is 0 Å². The fourth-order valence-corrected chi connectivity index (χ4v) is 3.60. The number of aromatic nitrogens is 1. The van der Waals surface area contributed by atoms with Crippen molar-refractivity contribution in [2.45, 2.75) is 30.4 Å². The standard InChI is InChI=1S/C15H17NO2S2/c1-11-5-3-4-6-13(11)19-10-14-16-12(9-20-14)7-8-15(17)18-2/h3-6,9H,7-8,10H2,1-2H3. The lowest BCUT2D eigenvalue weighted by Gasteiger charge is -2.02. The largest absolute Gasteiger partial charge is 0.469 e. The van der Waals surface area contributed by atoms with Crippen LogP contribution in [0.25, 0.3) is 0 Å². The maximum Gasteiger partial charge on any atom is 0.305 e. The first-order valence-electron chi connectivity index (χ1n) is 6.37. The van der Waals surface area contributed by atoms with Gasteiger partial charge < -0.3 is 4.74 Å². The average Bonchev–Trinajstić information content (AvgIpc) is 2.92. The number of thioether (sulfide) groups is 1. The van der Waals surface area contributed by atoms with E-state index in [0.29, 0.717) is 12.8 Å². The molecule has 0 saturated heterocycles. The van der Waals surface area contributed by atoms with Gasteiger partial charge in [-0.1, -0.05) is 18.2 Å². The molecule has 1 aromatic heterocycles. The highest BCUT2D eigenvalue weighted by Crippen LogP contribution is 2.27. The normalized spacial score (nSPS) is 10.5. The summed E-state index contributed by atoms with van der Waals surface area (Å²) in [5.74, 6) is 0.683. The summed E-state index contributed by atoms with van der Waals surface area (Å²) < 4.78 is 4.63. The van der Waals surface area contributed by atoms with Crippen molar-refractivity contribution < 1.29 is 9.53 Å². The van der Waals surface area contributed by atoms with Crippen LogP contribution < -0.4 is 0 Å². The quantitative estimate of drug-likeness (QED) is 0.600. The molecule has 0 aliphatic heterocycles. The number of ether oxygens (including phenoxy) is 1. The number of methoxy groups -OCH3 is 1. The van der Waals surface area contributed by atoms with Crippen LogP contribution in [0.15, 0.2) is 34.5 Å². The van der Waals surface area contributed by atoms with E-state index >= 15 is 0 Å². The first-order valence-corrected chi connectivity index (χ1v) is 8.24.